The molecule has 0 aliphatic carbocycles. The average molecular weight is 211 g/mol. The molecular formula is C10H20BN2O2. The third kappa shape index (κ3) is 5.00. The minimum atomic E-state index is -0.398. The molecule has 2 N–H and O–H groups in total. The van der Waals surface area contributed by atoms with Crippen molar-refractivity contribution in [3.63, 3.8) is 0 Å². The monoisotopic (exact) mass is 211 g/mol. The average Bonchev–Trinajstić information content (AvgIpc) is 2.22. The van der Waals surface area contributed by atoms with Crippen molar-refractivity contribution in [1.29, 1.82) is 0 Å². The van der Waals surface area contributed by atoms with E-state index in [0.29, 0.717) is 0 Å². The summed E-state index contributed by atoms with van der Waals surface area (Å²) in [6.07, 6.45) is 3.07. The smallest absolute Gasteiger partial charge is 0.333 e. The van der Waals surface area contributed by atoms with Gasteiger partial charge in [0.1, 0.15) is 0 Å². The maximum atomic E-state index is 5.60. The molecule has 0 aromatic heterocycles. The van der Waals surface area contributed by atoms with Crippen LogP contribution in [0, 0.1) is 0 Å². The van der Waals surface area contributed by atoms with Crippen LogP contribution in [0.25, 0.3) is 0 Å². The van der Waals surface area contributed by atoms with Crippen LogP contribution in [-0.2, 0) is 9.39 Å². The van der Waals surface area contributed by atoms with Crippen LogP contribution >= 0.6 is 0 Å². The Bertz CT molecular complexity index is 240. The van der Waals surface area contributed by atoms with Crippen molar-refractivity contribution in [1.82, 2.24) is 0 Å². The van der Waals surface area contributed by atoms with Gasteiger partial charge in [0.25, 0.3) is 0 Å². The molecule has 0 aromatic rings. The summed E-state index contributed by atoms with van der Waals surface area (Å²) in [5.74, 6) is 0. The fourth-order valence-electron chi connectivity index (χ4n) is 0.861. The van der Waals surface area contributed by atoms with Gasteiger partial charge in [0.2, 0.25) is 0 Å². The van der Waals surface area contributed by atoms with Gasteiger partial charge in [-0.05, 0) is 32.4 Å². The molecule has 1 unspecified atom stereocenters. The Kier molecular flexibility index (Phi) is 6.28. The molecule has 0 aliphatic heterocycles. The molecular weight excluding hydrogens is 191 g/mol. The molecule has 0 saturated heterocycles. The number of methoxy groups -OCH3 is 1. The van der Waals surface area contributed by atoms with E-state index in [1.165, 1.54) is 6.20 Å². The number of ether oxygens (including phenoxy) is 1. The van der Waals surface area contributed by atoms with Gasteiger partial charge in [-0.15, -0.1) is 0 Å². The van der Waals surface area contributed by atoms with Crippen LogP contribution in [0.4, 0.5) is 0 Å². The van der Waals surface area contributed by atoms with Crippen LogP contribution in [0.2, 0.25) is 0 Å². The Morgan fingerprint density at radius 3 is 2.53 bits per heavy atom. The summed E-state index contributed by atoms with van der Waals surface area (Å²) in [4.78, 5) is 3.86. The van der Waals surface area contributed by atoms with Crippen molar-refractivity contribution < 1.29 is 9.39 Å². The molecule has 0 bridgehead atoms. The minimum Gasteiger partial charge on any atom is -0.427 e. The number of allylic oxidation sites excluding steroid dienone is 1. The molecule has 0 heterocycles. The summed E-state index contributed by atoms with van der Waals surface area (Å²) in [5, 5.41) is 0. The zero-order chi connectivity index (χ0) is 11.9. The van der Waals surface area contributed by atoms with Crippen molar-refractivity contribution in [3.05, 3.63) is 11.7 Å². The zero-order valence-electron chi connectivity index (χ0n) is 10.2. The number of rotatable bonds is 6. The van der Waals surface area contributed by atoms with Crippen LogP contribution in [-0.4, -0.2) is 39.6 Å². The molecule has 0 spiro atoms. The second-order valence-electron chi connectivity index (χ2n) is 3.77. The van der Waals surface area contributed by atoms with E-state index >= 15 is 0 Å². The Morgan fingerprint density at radius 1 is 1.53 bits per heavy atom. The van der Waals surface area contributed by atoms with E-state index in [9.17, 15) is 0 Å². The molecule has 0 aliphatic rings. The maximum Gasteiger partial charge on any atom is 0.333 e. The Balaban J connectivity index is 4.24. The first kappa shape index (κ1) is 14.2. The van der Waals surface area contributed by atoms with Gasteiger partial charge in [-0.1, -0.05) is 0 Å². The standard InChI is InChI=1S/C10H20BN2O2/c1-8(14-5)10(2,3)15-11-9(6-12)7-13-4/h6-8H,12H2,1-5H3/b9-6+,13-7?. The Hall–Kier alpha value is -0.805. The number of nitrogens with two attached hydrogens (primary N) is 1. The van der Waals surface area contributed by atoms with Gasteiger partial charge in [-0.2, -0.15) is 0 Å². The molecule has 15 heavy (non-hydrogen) atoms. The van der Waals surface area contributed by atoms with Gasteiger partial charge in [-0.3, -0.25) is 4.99 Å². The normalized spacial score (nSPS) is 15.7. The van der Waals surface area contributed by atoms with Crippen molar-refractivity contribution in [2.75, 3.05) is 14.2 Å². The summed E-state index contributed by atoms with van der Waals surface area (Å²) < 4.78 is 10.8. The van der Waals surface area contributed by atoms with Crippen molar-refractivity contribution in [3.8, 4) is 0 Å². The van der Waals surface area contributed by atoms with Crippen LogP contribution in [0.1, 0.15) is 20.8 Å². The first-order valence-electron chi connectivity index (χ1n) is 4.85. The van der Waals surface area contributed by atoms with E-state index in [4.69, 9.17) is 15.1 Å². The molecule has 1 atom stereocenters. The largest absolute Gasteiger partial charge is 0.427 e. The lowest BCUT2D eigenvalue weighted by Gasteiger charge is -2.31. The van der Waals surface area contributed by atoms with Gasteiger partial charge >= 0.3 is 7.48 Å². The lowest BCUT2D eigenvalue weighted by molar-refractivity contribution is -0.0405. The third-order valence-electron chi connectivity index (χ3n) is 2.30. The molecule has 4 nitrogen and oxygen atoms in total. The number of hydrogen-bond acceptors (Lipinski definition) is 4. The maximum absolute atomic E-state index is 5.60. The second kappa shape index (κ2) is 6.64. The van der Waals surface area contributed by atoms with Crippen LogP contribution in [0.15, 0.2) is 16.7 Å². The predicted octanol–water partition coefficient (Wildman–Crippen LogP) is 0.936. The van der Waals surface area contributed by atoms with E-state index in [1.807, 2.05) is 20.8 Å². The first-order chi connectivity index (χ1) is 6.97. The van der Waals surface area contributed by atoms with Gasteiger partial charge in [0.05, 0.1) is 11.7 Å². The summed E-state index contributed by atoms with van der Waals surface area (Å²) in [6, 6.07) is 0. The highest BCUT2D eigenvalue weighted by atomic mass is 16.5. The summed E-state index contributed by atoms with van der Waals surface area (Å²) >= 11 is 0. The predicted molar refractivity (Wildman–Crippen MR) is 64.1 cm³/mol. The summed E-state index contributed by atoms with van der Waals surface area (Å²) in [5.41, 5.74) is 5.73. The molecule has 5 heteroatoms. The van der Waals surface area contributed by atoms with E-state index in [1.54, 1.807) is 27.9 Å². The van der Waals surface area contributed by atoms with E-state index in [0.717, 1.165) is 5.47 Å². The first-order valence-corrected chi connectivity index (χ1v) is 4.85. The van der Waals surface area contributed by atoms with Gasteiger partial charge < -0.3 is 15.1 Å². The molecule has 0 amide bonds. The fourth-order valence-corrected chi connectivity index (χ4v) is 0.861. The number of aliphatic imine (C=N–C) groups is 1. The molecule has 0 aromatic carbocycles. The van der Waals surface area contributed by atoms with Crippen LogP contribution in [0.5, 0.6) is 0 Å². The van der Waals surface area contributed by atoms with Gasteiger partial charge in [0.15, 0.2) is 0 Å². The Labute approximate surface area is 92.8 Å². The van der Waals surface area contributed by atoms with Gasteiger partial charge in [-0.25, -0.2) is 0 Å². The SMILES string of the molecule is CN=C/C([B]OC(C)(C)C(C)OC)=C\N. The van der Waals surface area contributed by atoms with Crippen molar-refractivity contribution >= 4 is 13.7 Å². The zero-order valence-corrected chi connectivity index (χ0v) is 10.2. The lowest BCUT2D eigenvalue weighted by atomic mass is 9.86. The highest BCUT2D eigenvalue weighted by Gasteiger charge is 2.26. The molecule has 85 valence electrons. The third-order valence-corrected chi connectivity index (χ3v) is 2.30. The molecule has 0 rings (SSSR count). The summed E-state index contributed by atoms with van der Waals surface area (Å²) in [6.45, 7) is 5.86. The molecule has 0 saturated carbocycles. The highest BCUT2D eigenvalue weighted by molar-refractivity contribution is 6.46. The topological polar surface area (TPSA) is 56.8 Å². The fraction of sp³-hybridized carbons (Fsp3) is 0.700. The van der Waals surface area contributed by atoms with Gasteiger partial charge in [0, 0.05) is 20.4 Å². The highest BCUT2D eigenvalue weighted by Crippen LogP contribution is 2.16. The van der Waals surface area contributed by atoms with Crippen molar-refractivity contribution in [2.45, 2.75) is 32.5 Å². The van der Waals surface area contributed by atoms with Crippen molar-refractivity contribution in [2.24, 2.45) is 10.7 Å². The molecule has 1 radical (unpaired) electrons. The van der Waals surface area contributed by atoms with E-state index < -0.39 is 5.60 Å². The summed E-state index contributed by atoms with van der Waals surface area (Å²) in [7, 11) is 4.92. The lowest BCUT2D eigenvalue weighted by Crippen LogP contribution is -2.39. The quantitative estimate of drug-likeness (QED) is 0.525. The van der Waals surface area contributed by atoms with Crippen LogP contribution < -0.4 is 5.73 Å². The molecule has 0 fully saturated rings. The number of hydrogen-bond donors (Lipinski definition) is 1. The van der Waals surface area contributed by atoms with E-state index in [-0.39, 0.29) is 6.10 Å². The minimum absolute atomic E-state index is 0.00802. The van der Waals surface area contributed by atoms with E-state index in [2.05, 4.69) is 4.99 Å². The Morgan fingerprint density at radius 2 is 2.13 bits per heavy atom. The number of nitrogens with zero attached hydrogens (tertiary/aromatic N) is 1. The van der Waals surface area contributed by atoms with Crippen LogP contribution in [0.3, 0.4) is 0 Å². The second-order valence-corrected chi connectivity index (χ2v) is 3.77.